The Hall–Kier alpha value is -2.37. The highest BCUT2D eigenvalue weighted by Gasteiger charge is 2.23. The summed E-state index contributed by atoms with van der Waals surface area (Å²) in [6.45, 7) is 5.78. The zero-order valence-corrected chi connectivity index (χ0v) is 17.0. The van der Waals surface area contributed by atoms with Crippen molar-refractivity contribution >= 4 is 17.7 Å². The molecular weight excluding hydrogens is 354 g/mol. The van der Waals surface area contributed by atoms with Crippen molar-refractivity contribution < 1.29 is 14.4 Å². The molecule has 28 heavy (non-hydrogen) atoms. The third-order valence-electron chi connectivity index (χ3n) is 5.89. The molecule has 1 fully saturated rings. The third-order valence-corrected chi connectivity index (χ3v) is 5.89. The number of carbonyl (C=O) groups excluding carboxylic acids is 3. The first-order valence-electron chi connectivity index (χ1n) is 10.4. The number of hydrogen-bond acceptors (Lipinski definition) is 3. The highest BCUT2D eigenvalue weighted by molar-refractivity contribution is 5.84. The number of amides is 3. The minimum Gasteiger partial charge on any atom is -0.350 e. The predicted molar refractivity (Wildman–Crippen MR) is 108 cm³/mol. The van der Waals surface area contributed by atoms with Crippen LogP contribution in [0.4, 0.5) is 0 Å². The van der Waals surface area contributed by atoms with Crippen LogP contribution in [-0.2, 0) is 27.2 Å². The van der Waals surface area contributed by atoms with E-state index in [4.69, 9.17) is 0 Å². The van der Waals surface area contributed by atoms with Crippen LogP contribution in [0.3, 0.4) is 0 Å². The maximum Gasteiger partial charge on any atom is 0.223 e. The molecule has 0 radical (unpaired) electrons. The molecule has 1 aromatic carbocycles. The first-order chi connectivity index (χ1) is 13.4. The van der Waals surface area contributed by atoms with Crippen LogP contribution < -0.4 is 5.32 Å². The molecule has 1 aliphatic heterocycles. The lowest BCUT2D eigenvalue weighted by molar-refractivity contribution is -0.139. The Bertz CT molecular complexity index is 739. The molecule has 3 rings (SSSR count). The smallest absolute Gasteiger partial charge is 0.223 e. The quantitative estimate of drug-likeness (QED) is 0.845. The highest BCUT2D eigenvalue weighted by Crippen LogP contribution is 2.24. The third kappa shape index (κ3) is 5.12. The fraction of sp³-hybridized carbons (Fsp3) is 0.591. The summed E-state index contributed by atoms with van der Waals surface area (Å²) in [5, 5.41) is 3.02. The standard InChI is InChI=1S/C22H31N3O3/c1-16(19-8-7-18-5-3-4-6-20(18)15-19)23-21(27)9-10-22(28)25-13-11-24(12-14-25)17(2)26/h7-8,15-16H,3-6,9-14H2,1-2H3,(H,23,27)/t16-/m1/s1. The molecule has 0 bridgehead atoms. The molecule has 1 aromatic rings. The van der Waals surface area contributed by atoms with E-state index in [-0.39, 0.29) is 36.6 Å². The number of nitrogens with one attached hydrogen (secondary N) is 1. The van der Waals surface area contributed by atoms with Crippen molar-refractivity contribution in [3.63, 3.8) is 0 Å². The van der Waals surface area contributed by atoms with Gasteiger partial charge < -0.3 is 15.1 Å². The van der Waals surface area contributed by atoms with Gasteiger partial charge >= 0.3 is 0 Å². The van der Waals surface area contributed by atoms with Crippen LogP contribution in [0.1, 0.15) is 62.3 Å². The number of piperazine rings is 1. The number of benzene rings is 1. The maximum absolute atomic E-state index is 12.3. The van der Waals surface area contributed by atoms with Crippen molar-refractivity contribution in [2.24, 2.45) is 0 Å². The second-order valence-electron chi connectivity index (χ2n) is 7.91. The first kappa shape index (κ1) is 20.4. The fourth-order valence-electron chi connectivity index (χ4n) is 4.07. The minimum absolute atomic E-state index is 0.0141. The van der Waals surface area contributed by atoms with E-state index in [1.54, 1.807) is 16.7 Å². The van der Waals surface area contributed by atoms with E-state index in [0.717, 1.165) is 18.4 Å². The average molecular weight is 386 g/mol. The van der Waals surface area contributed by atoms with Gasteiger partial charge in [0.2, 0.25) is 17.7 Å². The molecule has 1 aliphatic carbocycles. The second-order valence-corrected chi connectivity index (χ2v) is 7.91. The SMILES string of the molecule is CC(=O)N1CCN(C(=O)CCC(=O)N[C@H](C)c2ccc3c(c2)CCCC3)CC1. The van der Waals surface area contributed by atoms with E-state index >= 15 is 0 Å². The zero-order chi connectivity index (χ0) is 20.1. The number of rotatable bonds is 5. The van der Waals surface area contributed by atoms with Crippen molar-refractivity contribution in [1.82, 2.24) is 15.1 Å². The van der Waals surface area contributed by atoms with Crippen LogP contribution in [0.2, 0.25) is 0 Å². The van der Waals surface area contributed by atoms with Gasteiger partial charge in [-0.05, 0) is 49.3 Å². The molecule has 0 unspecified atom stereocenters. The molecule has 0 spiro atoms. The Morgan fingerprint density at radius 1 is 0.964 bits per heavy atom. The van der Waals surface area contributed by atoms with Gasteiger partial charge in [-0.3, -0.25) is 14.4 Å². The fourth-order valence-corrected chi connectivity index (χ4v) is 4.07. The molecular formula is C22H31N3O3. The van der Waals surface area contributed by atoms with Gasteiger partial charge in [0.25, 0.3) is 0 Å². The highest BCUT2D eigenvalue weighted by atomic mass is 16.2. The van der Waals surface area contributed by atoms with Crippen molar-refractivity contribution in [2.75, 3.05) is 26.2 Å². The Balaban J connectivity index is 1.44. The molecule has 1 saturated heterocycles. The average Bonchev–Trinajstić information content (AvgIpc) is 2.71. The Morgan fingerprint density at radius 3 is 2.29 bits per heavy atom. The van der Waals surface area contributed by atoms with Gasteiger partial charge in [0.1, 0.15) is 0 Å². The Kier molecular flexibility index (Phi) is 6.70. The monoisotopic (exact) mass is 385 g/mol. The van der Waals surface area contributed by atoms with Gasteiger partial charge in [-0.25, -0.2) is 0 Å². The lowest BCUT2D eigenvalue weighted by Crippen LogP contribution is -2.50. The lowest BCUT2D eigenvalue weighted by atomic mass is 9.89. The maximum atomic E-state index is 12.3. The van der Waals surface area contributed by atoms with Gasteiger partial charge in [0.15, 0.2) is 0 Å². The van der Waals surface area contributed by atoms with Crippen molar-refractivity contribution in [3.8, 4) is 0 Å². The van der Waals surface area contributed by atoms with Crippen LogP contribution in [0.15, 0.2) is 18.2 Å². The van der Waals surface area contributed by atoms with Crippen LogP contribution >= 0.6 is 0 Å². The summed E-state index contributed by atoms with van der Waals surface area (Å²) >= 11 is 0. The topological polar surface area (TPSA) is 69.7 Å². The Morgan fingerprint density at radius 2 is 1.61 bits per heavy atom. The molecule has 3 amide bonds. The van der Waals surface area contributed by atoms with E-state index in [1.165, 1.54) is 24.0 Å². The van der Waals surface area contributed by atoms with Crippen LogP contribution in [0.25, 0.3) is 0 Å². The summed E-state index contributed by atoms with van der Waals surface area (Å²) in [6, 6.07) is 6.46. The number of aryl methyl sites for hydroxylation is 2. The number of carbonyl (C=O) groups is 3. The van der Waals surface area contributed by atoms with Gasteiger partial charge in [-0.2, -0.15) is 0 Å². The number of nitrogens with zero attached hydrogens (tertiary/aromatic N) is 2. The summed E-state index contributed by atoms with van der Waals surface area (Å²) in [6.07, 6.45) is 5.18. The van der Waals surface area contributed by atoms with Crippen LogP contribution in [0.5, 0.6) is 0 Å². The van der Waals surface area contributed by atoms with Crippen molar-refractivity contribution in [3.05, 3.63) is 34.9 Å². The van der Waals surface area contributed by atoms with Gasteiger partial charge in [-0.1, -0.05) is 18.2 Å². The van der Waals surface area contributed by atoms with Crippen molar-refractivity contribution in [1.29, 1.82) is 0 Å². The molecule has 1 heterocycles. The summed E-state index contributed by atoms with van der Waals surface area (Å²) < 4.78 is 0. The summed E-state index contributed by atoms with van der Waals surface area (Å²) in [4.78, 5) is 39.5. The van der Waals surface area contributed by atoms with Crippen LogP contribution in [-0.4, -0.2) is 53.7 Å². The molecule has 0 aromatic heterocycles. The van der Waals surface area contributed by atoms with Crippen molar-refractivity contribution in [2.45, 2.75) is 58.4 Å². The summed E-state index contributed by atoms with van der Waals surface area (Å²) in [5.74, 6) is -0.0663. The molecule has 0 saturated carbocycles. The summed E-state index contributed by atoms with van der Waals surface area (Å²) in [5.41, 5.74) is 3.97. The molecule has 6 heteroatoms. The van der Waals surface area contributed by atoms with E-state index < -0.39 is 0 Å². The minimum atomic E-state index is -0.0963. The normalized spacial score (nSPS) is 17.6. The number of hydrogen-bond donors (Lipinski definition) is 1. The second kappa shape index (κ2) is 9.22. The Labute approximate surface area is 167 Å². The van der Waals surface area contributed by atoms with E-state index in [9.17, 15) is 14.4 Å². The number of fused-ring (bicyclic) bond motifs is 1. The van der Waals surface area contributed by atoms with E-state index in [2.05, 4.69) is 23.5 Å². The van der Waals surface area contributed by atoms with Gasteiger partial charge in [0, 0.05) is 45.9 Å². The lowest BCUT2D eigenvalue weighted by Gasteiger charge is -2.34. The molecule has 1 N–H and O–H groups in total. The van der Waals surface area contributed by atoms with E-state index in [1.807, 2.05) is 6.92 Å². The molecule has 1 atom stereocenters. The summed E-state index contributed by atoms with van der Waals surface area (Å²) in [7, 11) is 0. The molecule has 152 valence electrons. The predicted octanol–water partition coefficient (Wildman–Crippen LogP) is 2.21. The van der Waals surface area contributed by atoms with Gasteiger partial charge in [-0.15, -0.1) is 0 Å². The van der Waals surface area contributed by atoms with E-state index in [0.29, 0.717) is 26.2 Å². The largest absolute Gasteiger partial charge is 0.350 e. The van der Waals surface area contributed by atoms with Gasteiger partial charge in [0.05, 0.1) is 6.04 Å². The van der Waals surface area contributed by atoms with Crippen LogP contribution in [0, 0.1) is 0 Å². The zero-order valence-electron chi connectivity index (χ0n) is 17.0. The first-order valence-corrected chi connectivity index (χ1v) is 10.4. The molecule has 6 nitrogen and oxygen atoms in total. The molecule has 2 aliphatic rings.